The van der Waals surface area contributed by atoms with Gasteiger partial charge in [-0.15, -0.1) is 10.2 Å². The van der Waals surface area contributed by atoms with Gasteiger partial charge in [0.2, 0.25) is 5.13 Å². The van der Waals surface area contributed by atoms with Crippen LogP contribution in [0.15, 0.2) is 46.4 Å². The largest absolute Gasteiger partial charge is 0.289 e. The summed E-state index contributed by atoms with van der Waals surface area (Å²) in [6.45, 7) is 1.87. The Kier molecular flexibility index (Phi) is 4.06. The molecule has 1 aliphatic rings. The average Bonchev–Trinajstić information content (AvgIpc) is 3.14. The maximum Gasteiger partial charge on any atom is 0.266 e. The van der Waals surface area contributed by atoms with E-state index in [-0.39, 0.29) is 5.91 Å². The Hall–Kier alpha value is -2.58. The number of thioether (sulfide) groups is 1. The number of amidine groups is 1. The Morgan fingerprint density at radius 1 is 1.20 bits per heavy atom. The number of aromatic nitrogens is 3. The lowest BCUT2D eigenvalue weighted by atomic mass is 10.1. The summed E-state index contributed by atoms with van der Waals surface area (Å²) in [7, 11) is 1.71. The Bertz CT molecular complexity index is 1030. The maximum atomic E-state index is 12.6. The highest BCUT2D eigenvalue weighted by Crippen LogP contribution is 2.34. The number of aryl methyl sites for hydroxylation is 1. The number of fused-ring (bicyclic) bond motifs is 1. The second-order valence-corrected chi connectivity index (χ2v) is 7.56. The molecule has 4 rings (SSSR count). The van der Waals surface area contributed by atoms with E-state index in [4.69, 9.17) is 0 Å². The van der Waals surface area contributed by atoms with Crippen molar-refractivity contribution in [2.75, 3.05) is 7.05 Å². The summed E-state index contributed by atoms with van der Waals surface area (Å²) in [6, 6.07) is 9.83. The topological polar surface area (TPSA) is 71.3 Å². The molecule has 6 nitrogen and oxygen atoms in total. The molecular weight excluding hydrogens is 354 g/mol. The molecule has 25 heavy (non-hydrogen) atoms. The lowest BCUT2D eigenvalue weighted by Crippen LogP contribution is -2.23. The quantitative estimate of drug-likeness (QED) is 0.647. The molecule has 2 aromatic heterocycles. The van der Waals surface area contributed by atoms with E-state index in [0.29, 0.717) is 15.2 Å². The van der Waals surface area contributed by atoms with Crippen LogP contribution >= 0.6 is 23.1 Å². The molecule has 1 saturated heterocycles. The van der Waals surface area contributed by atoms with Crippen LogP contribution in [-0.4, -0.2) is 38.2 Å². The van der Waals surface area contributed by atoms with Crippen molar-refractivity contribution in [3.63, 3.8) is 0 Å². The molecule has 3 heterocycles. The van der Waals surface area contributed by atoms with Crippen LogP contribution in [-0.2, 0) is 4.79 Å². The molecule has 1 aromatic carbocycles. The van der Waals surface area contributed by atoms with Gasteiger partial charge < -0.3 is 0 Å². The maximum absolute atomic E-state index is 12.6. The first-order valence-corrected chi connectivity index (χ1v) is 9.15. The van der Waals surface area contributed by atoms with E-state index in [0.717, 1.165) is 21.5 Å². The van der Waals surface area contributed by atoms with Crippen molar-refractivity contribution in [2.45, 2.75) is 6.92 Å². The number of pyridine rings is 1. The van der Waals surface area contributed by atoms with Crippen molar-refractivity contribution in [1.82, 2.24) is 20.1 Å². The molecule has 0 bridgehead atoms. The van der Waals surface area contributed by atoms with Gasteiger partial charge in [-0.05, 0) is 30.8 Å². The number of hydrogen-bond acceptors (Lipinski definition) is 7. The predicted octanol–water partition coefficient (Wildman–Crippen LogP) is 3.63. The summed E-state index contributed by atoms with van der Waals surface area (Å²) >= 11 is 2.73. The van der Waals surface area contributed by atoms with Crippen molar-refractivity contribution in [3.8, 4) is 0 Å². The fourth-order valence-corrected chi connectivity index (χ4v) is 4.03. The van der Waals surface area contributed by atoms with Crippen molar-refractivity contribution in [2.24, 2.45) is 4.99 Å². The Morgan fingerprint density at radius 3 is 2.84 bits per heavy atom. The first-order chi connectivity index (χ1) is 12.1. The monoisotopic (exact) mass is 367 g/mol. The minimum Gasteiger partial charge on any atom is -0.289 e. The molecule has 0 unspecified atom stereocenters. The van der Waals surface area contributed by atoms with Crippen molar-refractivity contribution < 1.29 is 4.79 Å². The molecule has 0 saturated carbocycles. The molecule has 8 heteroatoms. The lowest BCUT2D eigenvalue weighted by molar-refractivity contribution is -0.121. The molecular formula is C17H13N5OS2. The van der Waals surface area contributed by atoms with Crippen LogP contribution in [0.3, 0.4) is 0 Å². The minimum absolute atomic E-state index is 0.0853. The molecule has 124 valence electrons. The fraction of sp³-hybridized carbons (Fsp3) is 0.118. The summed E-state index contributed by atoms with van der Waals surface area (Å²) in [5, 5.41) is 11.0. The Labute approximate surface area is 152 Å². The van der Waals surface area contributed by atoms with Gasteiger partial charge in [-0.1, -0.05) is 35.6 Å². The van der Waals surface area contributed by atoms with Gasteiger partial charge >= 0.3 is 0 Å². The van der Waals surface area contributed by atoms with Gasteiger partial charge in [-0.2, -0.15) is 4.99 Å². The van der Waals surface area contributed by atoms with E-state index in [1.807, 2.05) is 43.3 Å². The van der Waals surface area contributed by atoms with Crippen LogP contribution in [0.1, 0.15) is 10.6 Å². The third-order valence-electron chi connectivity index (χ3n) is 3.66. The Balaban J connectivity index is 1.72. The van der Waals surface area contributed by atoms with E-state index in [1.165, 1.54) is 28.0 Å². The molecule has 3 aromatic rings. The highest BCUT2D eigenvalue weighted by atomic mass is 32.2. The summed E-state index contributed by atoms with van der Waals surface area (Å²) in [5.41, 5.74) is 1.79. The van der Waals surface area contributed by atoms with Crippen LogP contribution in [0.2, 0.25) is 0 Å². The van der Waals surface area contributed by atoms with Gasteiger partial charge in [0, 0.05) is 24.2 Å². The zero-order valence-electron chi connectivity index (χ0n) is 13.5. The number of likely N-dealkylation sites (N-methyl/N-ethyl adjacent to an activating group) is 1. The zero-order chi connectivity index (χ0) is 17.4. The van der Waals surface area contributed by atoms with E-state index >= 15 is 0 Å². The highest BCUT2D eigenvalue weighted by Gasteiger charge is 2.30. The number of hydrogen-bond donors (Lipinski definition) is 0. The zero-order valence-corrected chi connectivity index (χ0v) is 15.1. The molecule has 0 N–H and O–H groups in total. The molecule has 1 amide bonds. The normalized spacial score (nSPS) is 18.0. The summed E-state index contributed by atoms with van der Waals surface area (Å²) in [4.78, 5) is 23.6. The van der Waals surface area contributed by atoms with Gasteiger partial charge in [-0.25, -0.2) is 0 Å². The minimum atomic E-state index is -0.0853. The smallest absolute Gasteiger partial charge is 0.266 e. The van der Waals surface area contributed by atoms with Gasteiger partial charge in [0.1, 0.15) is 5.01 Å². The van der Waals surface area contributed by atoms with Gasteiger partial charge in [0.15, 0.2) is 5.17 Å². The number of benzene rings is 1. The summed E-state index contributed by atoms with van der Waals surface area (Å²) < 4.78 is 0. The van der Waals surface area contributed by atoms with Crippen LogP contribution < -0.4 is 0 Å². The van der Waals surface area contributed by atoms with Crippen LogP contribution in [0.25, 0.3) is 17.0 Å². The number of amides is 1. The van der Waals surface area contributed by atoms with Crippen molar-refractivity contribution >= 4 is 56.3 Å². The number of aliphatic imine (C=N–C) groups is 1. The molecule has 1 fully saturated rings. The second-order valence-electron chi connectivity index (χ2n) is 5.40. The highest BCUT2D eigenvalue weighted by molar-refractivity contribution is 8.18. The van der Waals surface area contributed by atoms with Crippen molar-refractivity contribution in [3.05, 3.63) is 52.0 Å². The number of carbonyl (C=O) groups excluding carboxylic acids is 1. The average molecular weight is 367 g/mol. The molecule has 0 spiro atoms. The number of carbonyl (C=O) groups is 1. The van der Waals surface area contributed by atoms with Gasteiger partial charge in [-0.3, -0.25) is 14.7 Å². The second kappa shape index (κ2) is 6.38. The number of para-hydroxylation sites is 1. The number of rotatable bonds is 2. The Morgan fingerprint density at radius 2 is 2.04 bits per heavy atom. The summed E-state index contributed by atoms with van der Waals surface area (Å²) in [5.74, 6) is -0.0853. The first kappa shape index (κ1) is 15.9. The fourth-order valence-electron chi connectivity index (χ4n) is 2.45. The summed E-state index contributed by atoms with van der Waals surface area (Å²) in [6.07, 6.45) is 3.62. The molecule has 1 aliphatic heterocycles. The molecule has 0 atom stereocenters. The van der Waals surface area contributed by atoms with Gasteiger partial charge in [0.05, 0.1) is 10.4 Å². The van der Waals surface area contributed by atoms with E-state index in [1.54, 1.807) is 13.2 Å². The first-order valence-electron chi connectivity index (χ1n) is 7.52. The predicted molar refractivity (Wildman–Crippen MR) is 102 cm³/mol. The van der Waals surface area contributed by atoms with Crippen LogP contribution in [0.4, 0.5) is 5.13 Å². The molecule has 0 radical (unpaired) electrons. The van der Waals surface area contributed by atoms with Crippen LogP contribution in [0, 0.1) is 6.92 Å². The standard InChI is InChI=1S/C17H13N5OS2/c1-10-20-21-16(24-10)19-17-22(2)15(23)13(25-17)9-12-6-3-5-11-7-4-8-18-14(11)12/h3-9H,1-2H3/b13-9-,19-17?. The number of nitrogens with zero attached hydrogens (tertiary/aromatic N) is 5. The third-order valence-corrected chi connectivity index (χ3v) is 5.45. The van der Waals surface area contributed by atoms with Gasteiger partial charge in [0.25, 0.3) is 5.91 Å². The van der Waals surface area contributed by atoms with E-state index < -0.39 is 0 Å². The van der Waals surface area contributed by atoms with E-state index in [2.05, 4.69) is 20.2 Å². The van der Waals surface area contributed by atoms with Crippen LogP contribution in [0.5, 0.6) is 0 Å². The molecule has 0 aliphatic carbocycles. The lowest BCUT2D eigenvalue weighted by Gasteiger charge is -2.05. The SMILES string of the molecule is Cc1nnc(N=C2S/C(=C\c3cccc4cccnc34)C(=O)N2C)s1. The van der Waals surface area contributed by atoms with E-state index in [9.17, 15) is 4.79 Å². The third kappa shape index (κ3) is 3.06. The van der Waals surface area contributed by atoms with Crippen molar-refractivity contribution in [1.29, 1.82) is 0 Å².